The van der Waals surface area contributed by atoms with E-state index in [0.29, 0.717) is 0 Å². The second kappa shape index (κ2) is 19.4. The highest BCUT2D eigenvalue weighted by molar-refractivity contribution is 7.17. The van der Waals surface area contributed by atoms with Gasteiger partial charge in [0.05, 0.1) is 44.8 Å². The molecule has 4 aromatic heterocycles. The van der Waals surface area contributed by atoms with Crippen molar-refractivity contribution in [2.75, 3.05) is 0 Å². The number of rotatable bonds is 11. The lowest BCUT2D eigenvalue weighted by molar-refractivity contribution is 1.28. The molecule has 0 unspecified atom stereocenters. The van der Waals surface area contributed by atoms with E-state index < -0.39 is 16.1 Å². The van der Waals surface area contributed by atoms with Gasteiger partial charge in [-0.15, -0.1) is 0 Å². The SMILES string of the molecule is C[Si]1(CC[Si]2(C)C(c3ccc4ccccc4n3)=C(c3ccccc3)C(c3ccccc3)=C2c2ccc3ccccc3n2)C(c2ccc3ccccc3n2)=C(c2ccccc2)C(c2ccccc2)=C1c1ccc2ccccc2n1. The monoisotopic (exact) mass is 1030 g/mol. The van der Waals surface area contributed by atoms with Gasteiger partial charge in [0, 0.05) is 21.5 Å². The Morgan fingerprint density at radius 1 is 0.231 bits per heavy atom. The molecule has 6 heteroatoms. The average Bonchev–Trinajstić information content (AvgIpc) is 3.65. The molecule has 0 spiro atoms. The molecule has 14 rings (SSSR count). The maximum absolute atomic E-state index is 5.72. The predicted octanol–water partition coefficient (Wildman–Crippen LogP) is 18.0. The summed E-state index contributed by atoms with van der Waals surface area (Å²) in [5.41, 5.74) is 17.8. The molecule has 0 saturated carbocycles. The van der Waals surface area contributed by atoms with Gasteiger partial charge in [-0.1, -0.05) is 244 Å². The highest BCUT2D eigenvalue weighted by Gasteiger charge is 2.53. The molecule has 0 fully saturated rings. The molecule has 12 aromatic rings. The first kappa shape index (κ1) is 47.3. The quantitative estimate of drug-likeness (QED) is 0.121. The number of hydrogen-bond acceptors (Lipinski definition) is 4. The Bertz CT molecular complexity index is 3890. The van der Waals surface area contributed by atoms with Crippen molar-refractivity contribution < 1.29 is 0 Å². The molecular formula is C72H54N4Si2. The van der Waals surface area contributed by atoms with Crippen LogP contribution in [0.3, 0.4) is 0 Å². The van der Waals surface area contributed by atoms with Crippen LogP contribution in [0.4, 0.5) is 0 Å². The summed E-state index contributed by atoms with van der Waals surface area (Å²) in [6, 6.07) is 98.7. The zero-order valence-electron chi connectivity index (χ0n) is 43.6. The van der Waals surface area contributed by atoms with Gasteiger partial charge in [0.15, 0.2) is 0 Å². The third-order valence-corrected chi connectivity index (χ3v) is 25.9. The number of para-hydroxylation sites is 4. The fourth-order valence-electron chi connectivity index (χ4n) is 12.9. The summed E-state index contributed by atoms with van der Waals surface area (Å²) < 4.78 is 0. The molecule has 0 aliphatic carbocycles. The molecule has 0 radical (unpaired) electrons. The zero-order chi connectivity index (χ0) is 52.2. The fraction of sp³-hybridized carbons (Fsp3) is 0.0556. The van der Waals surface area contributed by atoms with Crippen molar-refractivity contribution in [3.63, 3.8) is 0 Å². The normalized spacial score (nSPS) is 15.2. The Kier molecular flexibility index (Phi) is 11.8. The molecule has 0 atom stereocenters. The number of allylic oxidation sites excluding steroid dienone is 4. The number of pyridine rings is 4. The van der Waals surface area contributed by atoms with Crippen LogP contribution >= 0.6 is 0 Å². The van der Waals surface area contributed by atoms with E-state index >= 15 is 0 Å². The molecule has 0 amide bonds. The van der Waals surface area contributed by atoms with Crippen LogP contribution in [-0.2, 0) is 0 Å². The Balaban J connectivity index is 1.10. The van der Waals surface area contributed by atoms with Gasteiger partial charge in [-0.2, -0.15) is 0 Å². The molecule has 370 valence electrons. The van der Waals surface area contributed by atoms with Gasteiger partial charge in [0.1, 0.15) is 16.1 Å². The second-order valence-corrected chi connectivity index (χ2v) is 29.5. The smallest absolute Gasteiger partial charge is 0.122 e. The van der Waals surface area contributed by atoms with Gasteiger partial charge >= 0.3 is 0 Å². The van der Waals surface area contributed by atoms with Crippen molar-refractivity contribution in [2.45, 2.75) is 25.2 Å². The van der Waals surface area contributed by atoms with Gasteiger partial charge in [-0.3, -0.25) is 0 Å². The summed E-state index contributed by atoms with van der Waals surface area (Å²) in [4.78, 5) is 22.9. The molecule has 2 aliphatic rings. The van der Waals surface area contributed by atoms with Crippen molar-refractivity contribution in [1.82, 2.24) is 19.9 Å². The van der Waals surface area contributed by atoms with Crippen LogP contribution in [0.2, 0.25) is 25.2 Å². The molecule has 2 aliphatic heterocycles. The summed E-state index contributed by atoms with van der Waals surface area (Å²) in [5, 5.41) is 9.87. The molecular weight excluding hydrogens is 977 g/mol. The van der Waals surface area contributed by atoms with Crippen LogP contribution in [0.25, 0.3) is 86.7 Å². The number of hydrogen-bond donors (Lipinski definition) is 0. The minimum Gasteiger partial charge on any atom is -0.249 e. The van der Waals surface area contributed by atoms with Gasteiger partial charge in [-0.05, 0) is 114 Å². The summed E-state index contributed by atoms with van der Waals surface area (Å²) in [5.74, 6) is 0. The lowest BCUT2D eigenvalue weighted by atomic mass is 9.90. The van der Waals surface area contributed by atoms with E-state index in [2.05, 4.69) is 280 Å². The highest BCUT2D eigenvalue weighted by Crippen LogP contribution is 2.61. The van der Waals surface area contributed by atoms with Crippen LogP contribution < -0.4 is 0 Å². The minimum absolute atomic E-state index is 0.897. The Morgan fingerprint density at radius 2 is 0.436 bits per heavy atom. The molecule has 0 bridgehead atoms. The average molecular weight is 1030 g/mol. The third-order valence-electron chi connectivity index (χ3n) is 16.5. The predicted molar refractivity (Wildman–Crippen MR) is 333 cm³/mol. The topological polar surface area (TPSA) is 51.6 Å². The first-order valence-corrected chi connectivity index (χ1v) is 32.5. The Morgan fingerprint density at radius 3 is 0.667 bits per heavy atom. The lowest BCUT2D eigenvalue weighted by Crippen LogP contribution is -2.40. The van der Waals surface area contributed by atoms with E-state index in [1.54, 1.807) is 0 Å². The number of nitrogens with zero attached hydrogens (tertiary/aromatic N) is 4. The lowest BCUT2D eigenvalue weighted by Gasteiger charge is -2.36. The third kappa shape index (κ3) is 8.03. The molecule has 6 heterocycles. The Labute approximate surface area is 457 Å². The highest BCUT2D eigenvalue weighted by atomic mass is 28.3. The molecule has 0 N–H and O–H groups in total. The summed E-state index contributed by atoms with van der Waals surface area (Å²) in [6.07, 6.45) is 0. The first-order valence-electron chi connectivity index (χ1n) is 27.1. The summed E-state index contributed by atoms with van der Waals surface area (Å²) >= 11 is 0. The van der Waals surface area contributed by atoms with Crippen LogP contribution in [0.1, 0.15) is 45.0 Å². The van der Waals surface area contributed by atoms with Crippen molar-refractivity contribution in [1.29, 1.82) is 0 Å². The van der Waals surface area contributed by atoms with E-state index in [-0.39, 0.29) is 0 Å². The zero-order valence-corrected chi connectivity index (χ0v) is 45.6. The van der Waals surface area contributed by atoms with Crippen LogP contribution in [0, 0.1) is 0 Å². The number of fused-ring (bicyclic) bond motifs is 4. The molecule has 4 nitrogen and oxygen atoms in total. The molecule has 0 saturated heterocycles. The van der Waals surface area contributed by atoms with Crippen molar-refractivity contribution in [3.05, 3.63) is 312 Å². The Hall–Kier alpha value is -9.21. The van der Waals surface area contributed by atoms with Gasteiger partial charge in [0.25, 0.3) is 0 Å². The standard InChI is InChI=1S/C72H54N4Si2/c1-77(69(61-43-39-49-23-15-19-35-57(49)73-61)65(53-27-7-3-8-28-53)66(54-29-9-4-10-30-54)70(77)62-44-40-50-24-16-20-36-58(50)74-62)47-48-78(2)71(63-45-41-51-25-17-21-37-59(51)75-63)67(55-31-11-5-12-32-55)68(56-33-13-6-14-34-56)72(78)64-46-42-52-26-18-22-38-60(52)76-64/h3-46H,47-48H2,1-2H3. The van der Waals surface area contributed by atoms with Gasteiger partial charge < -0.3 is 0 Å². The fourth-order valence-corrected chi connectivity index (χ4v) is 24.5. The summed E-state index contributed by atoms with van der Waals surface area (Å²) in [7, 11) is -6.15. The van der Waals surface area contributed by atoms with E-state index in [1.165, 1.54) is 65.3 Å². The van der Waals surface area contributed by atoms with Gasteiger partial charge in [-0.25, -0.2) is 19.9 Å². The van der Waals surface area contributed by atoms with E-state index in [0.717, 1.165) is 78.5 Å². The van der Waals surface area contributed by atoms with Crippen molar-refractivity contribution in [3.8, 4) is 0 Å². The van der Waals surface area contributed by atoms with E-state index in [9.17, 15) is 0 Å². The van der Waals surface area contributed by atoms with Crippen molar-refractivity contribution >= 4 is 103 Å². The number of benzene rings is 8. The van der Waals surface area contributed by atoms with Crippen LogP contribution in [0.5, 0.6) is 0 Å². The molecule has 78 heavy (non-hydrogen) atoms. The van der Waals surface area contributed by atoms with Crippen LogP contribution in [0.15, 0.2) is 267 Å². The van der Waals surface area contributed by atoms with Crippen molar-refractivity contribution in [2.24, 2.45) is 0 Å². The largest absolute Gasteiger partial charge is 0.249 e. The minimum atomic E-state index is -3.08. The maximum Gasteiger partial charge on any atom is 0.122 e. The maximum atomic E-state index is 5.72. The van der Waals surface area contributed by atoms with E-state index in [4.69, 9.17) is 19.9 Å². The van der Waals surface area contributed by atoms with E-state index in [1.807, 2.05) is 0 Å². The summed E-state index contributed by atoms with van der Waals surface area (Å²) in [6.45, 7) is 5.28. The second-order valence-electron chi connectivity index (χ2n) is 21.2. The molecule has 8 aromatic carbocycles. The number of aromatic nitrogens is 4. The van der Waals surface area contributed by atoms with Gasteiger partial charge in [0.2, 0.25) is 0 Å². The first-order chi connectivity index (χ1) is 38.4. The van der Waals surface area contributed by atoms with Crippen LogP contribution in [-0.4, -0.2) is 36.1 Å².